The molecule has 0 aliphatic carbocycles. The second-order valence-electron chi connectivity index (χ2n) is 5.32. The number of nitrogens with one attached hydrogen (secondary N) is 1. The molecule has 1 atom stereocenters. The summed E-state index contributed by atoms with van der Waals surface area (Å²) < 4.78 is 11.7. The van der Waals surface area contributed by atoms with Crippen LogP contribution in [0.1, 0.15) is 31.0 Å². The van der Waals surface area contributed by atoms with Gasteiger partial charge in [-0.2, -0.15) is 5.26 Å². The van der Waals surface area contributed by atoms with Gasteiger partial charge >= 0.3 is 0 Å². The minimum Gasteiger partial charge on any atom is -0.490 e. The van der Waals surface area contributed by atoms with Gasteiger partial charge in [-0.15, -0.1) is 0 Å². The summed E-state index contributed by atoms with van der Waals surface area (Å²) in [4.78, 5) is 12.2. The van der Waals surface area contributed by atoms with Crippen LogP contribution in [-0.2, 0) is 4.79 Å². The summed E-state index contributed by atoms with van der Waals surface area (Å²) in [6, 6.07) is 14.9. The lowest BCUT2D eigenvalue weighted by Gasteiger charge is -2.16. The van der Waals surface area contributed by atoms with E-state index in [0.29, 0.717) is 28.1 Å². The Morgan fingerprint density at radius 3 is 2.64 bits per heavy atom. The normalized spacial score (nSPS) is 11.3. The fourth-order valence-corrected chi connectivity index (χ4v) is 2.84. The summed E-state index contributed by atoms with van der Waals surface area (Å²) in [5.41, 5.74) is 1.47. The van der Waals surface area contributed by atoms with Crippen molar-refractivity contribution in [3.63, 3.8) is 0 Å². The molecule has 0 spiro atoms. The highest BCUT2D eigenvalue weighted by Crippen LogP contribution is 2.36. The van der Waals surface area contributed by atoms with Crippen LogP contribution in [0.5, 0.6) is 11.5 Å². The van der Waals surface area contributed by atoms with Crippen LogP contribution >= 0.6 is 15.9 Å². The second-order valence-corrected chi connectivity index (χ2v) is 6.17. The van der Waals surface area contributed by atoms with E-state index in [0.717, 1.165) is 5.56 Å². The second kappa shape index (κ2) is 9.09. The molecule has 0 unspecified atom stereocenters. The quantitative estimate of drug-likeness (QED) is 0.759. The molecule has 1 N–H and O–H groups in total. The van der Waals surface area contributed by atoms with Crippen molar-refractivity contribution in [3.05, 3.63) is 58.1 Å². The molecule has 6 heteroatoms. The summed E-state index contributed by atoms with van der Waals surface area (Å²) >= 11 is 3.36. The monoisotopic (exact) mass is 402 g/mol. The third kappa shape index (κ3) is 5.23. The number of nitriles is 1. The standard InChI is InChI=1S/C19H19BrN2O3/c1-3-24-17-10-14(11-21)9-16(20)19(17)25-12-18(23)22-13(2)15-7-5-4-6-8-15/h4-10,13H,3,12H2,1-2H3,(H,22,23)/t13-/m1/s1. The zero-order chi connectivity index (χ0) is 18.2. The first-order valence-corrected chi connectivity index (χ1v) is 8.68. The molecule has 5 nitrogen and oxygen atoms in total. The zero-order valence-electron chi connectivity index (χ0n) is 14.1. The summed E-state index contributed by atoms with van der Waals surface area (Å²) in [5, 5.41) is 11.9. The van der Waals surface area contributed by atoms with E-state index in [1.54, 1.807) is 12.1 Å². The van der Waals surface area contributed by atoms with E-state index in [9.17, 15) is 4.79 Å². The Bertz CT molecular complexity index is 772. The number of rotatable bonds is 7. The van der Waals surface area contributed by atoms with Crippen LogP contribution in [0, 0.1) is 11.3 Å². The molecule has 1 amide bonds. The number of ether oxygens (including phenoxy) is 2. The third-order valence-electron chi connectivity index (χ3n) is 3.46. The molecular weight excluding hydrogens is 384 g/mol. The lowest BCUT2D eigenvalue weighted by Crippen LogP contribution is -2.31. The van der Waals surface area contributed by atoms with Crippen molar-refractivity contribution in [2.45, 2.75) is 19.9 Å². The van der Waals surface area contributed by atoms with Gasteiger partial charge in [-0.3, -0.25) is 4.79 Å². The SMILES string of the molecule is CCOc1cc(C#N)cc(Br)c1OCC(=O)N[C@H](C)c1ccccc1. The molecule has 0 heterocycles. The Morgan fingerprint density at radius 1 is 1.28 bits per heavy atom. The highest BCUT2D eigenvalue weighted by molar-refractivity contribution is 9.10. The van der Waals surface area contributed by atoms with Crippen molar-refractivity contribution in [3.8, 4) is 17.6 Å². The molecule has 2 aromatic carbocycles. The smallest absolute Gasteiger partial charge is 0.258 e. The Labute approximate surface area is 155 Å². The van der Waals surface area contributed by atoms with E-state index < -0.39 is 0 Å². The summed E-state index contributed by atoms with van der Waals surface area (Å²) in [6.07, 6.45) is 0. The Hall–Kier alpha value is -2.52. The maximum absolute atomic E-state index is 12.2. The molecule has 0 saturated heterocycles. The average molecular weight is 403 g/mol. The van der Waals surface area contributed by atoms with E-state index in [1.165, 1.54) is 0 Å². The lowest BCUT2D eigenvalue weighted by atomic mass is 10.1. The predicted octanol–water partition coefficient (Wildman–Crippen LogP) is 3.98. The molecule has 0 aromatic heterocycles. The summed E-state index contributed by atoms with van der Waals surface area (Å²) in [5.74, 6) is 0.593. The van der Waals surface area contributed by atoms with Gasteiger partial charge in [0, 0.05) is 6.07 Å². The van der Waals surface area contributed by atoms with Crippen LogP contribution < -0.4 is 14.8 Å². The van der Waals surface area contributed by atoms with E-state index in [-0.39, 0.29) is 18.6 Å². The molecule has 0 bridgehead atoms. The van der Waals surface area contributed by atoms with Crippen molar-refractivity contribution in [2.75, 3.05) is 13.2 Å². The third-order valence-corrected chi connectivity index (χ3v) is 4.05. The van der Waals surface area contributed by atoms with Crippen LogP contribution in [0.4, 0.5) is 0 Å². The fourth-order valence-electron chi connectivity index (χ4n) is 2.28. The minimum absolute atomic E-state index is 0.118. The van der Waals surface area contributed by atoms with Crippen molar-refractivity contribution in [2.24, 2.45) is 0 Å². The van der Waals surface area contributed by atoms with Crippen LogP contribution in [0.3, 0.4) is 0 Å². The van der Waals surface area contributed by atoms with Crippen molar-refractivity contribution >= 4 is 21.8 Å². The molecule has 0 radical (unpaired) electrons. The topological polar surface area (TPSA) is 71.3 Å². The maximum atomic E-state index is 12.2. The first kappa shape index (κ1) is 18.8. The van der Waals surface area contributed by atoms with Crippen molar-refractivity contribution in [1.29, 1.82) is 5.26 Å². The number of halogens is 1. The lowest BCUT2D eigenvalue weighted by molar-refractivity contribution is -0.123. The van der Waals surface area contributed by atoms with Crippen molar-refractivity contribution < 1.29 is 14.3 Å². The van der Waals surface area contributed by atoms with E-state index in [1.807, 2.05) is 44.2 Å². The molecule has 2 aromatic rings. The fraction of sp³-hybridized carbons (Fsp3) is 0.263. The molecule has 25 heavy (non-hydrogen) atoms. The Kier molecular flexibility index (Phi) is 6.84. The molecular formula is C19H19BrN2O3. The van der Waals surface area contributed by atoms with Crippen molar-refractivity contribution in [1.82, 2.24) is 5.32 Å². The van der Waals surface area contributed by atoms with Gasteiger partial charge in [-0.05, 0) is 41.4 Å². The number of hydrogen-bond acceptors (Lipinski definition) is 4. The van der Waals surface area contributed by atoms with Crippen LogP contribution in [0.25, 0.3) is 0 Å². The van der Waals surface area contributed by atoms with Gasteiger partial charge in [0.25, 0.3) is 5.91 Å². The summed E-state index contributed by atoms with van der Waals surface area (Å²) in [6.45, 7) is 4.03. The van der Waals surface area contributed by atoms with Gasteiger partial charge < -0.3 is 14.8 Å². The number of nitrogens with zero attached hydrogens (tertiary/aromatic N) is 1. The minimum atomic E-state index is -0.241. The van der Waals surface area contributed by atoms with E-state index in [2.05, 4.69) is 27.3 Å². The first-order valence-electron chi connectivity index (χ1n) is 7.88. The maximum Gasteiger partial charge on any atom is 0.258 e. The Balaban J connectivity index is 2.03. The molecule has 2 rings (SSSR count). The number of carbonyl (C=O) groups is 1. The number of amides is 1. The van der Waals surface area contributed by atoms with Crippen LogP contribution in [-0.4, -0.2) is 19.1 Å². The van der Waals surface area contributed by atoms with Gasteiger partial charge in [0.05, 0.1) is 28.8 Å². The van der Waals surface area contributed by atoms with E-state index in [4.69, 9.17) is 14.7 Å². The molecule has 0 aliphatic heterocycles. The van der Waals surface area contributed by atoms with Gasteiger partial charge in [0.2, 0.25) is 0 Å². The first-order chi connectivity index (χ1) is 12.0. The van der Waals surface area contributed by atoms with Gasteiger partial charge in [-0.1, -0.05) is 30.3 Å². The van der Waals surface area contributed by atoms with Gasteiger partial charge in [0.15, 0.2) is 18.1 Å². The zero-order valence-corrected chi connectivity index (χ0v) is 15.7. The molecule has 0 fully saturated rings. The summed E-state index contributed by atoms with van der Waals surface area (Å²) in [7, 11) is 0. The number of carbonyl (C=O) groups excluding carboxylic acids is 1. The highest BCUT2D eigenvalue weighted by atomic mass is 79.9. The van der Waals surface area contributed by atoms with Gasteiger partial charge in [0.1, 0.15) is 0 Å². The predicted molar refractivity (Wildman–Crippen MR) is 98.5 cm³/mol. The average Bonchev–Trinajstić information content (AvgIpc) is 2.61. The number of hydrogen-bond donors (Lipinski definition) is 1. The Morgan fingerprint density at radius 2 is 2.00 bits per heavy atom. The van der Waals surface area contributed by atoms with Crippen LogP contribution in [0.2, 0.25) is 0 Å². The largest absolute Gasteiger partial charge is 0.490 e. The van der Waals surface area contributed by atoms with E-state index >= 15 is 0 Å². The highest BCUT2D eigenvalue weighted by Gasteiger charge is 2.15. The molecule has 0 saturated carbocycles. The van der Waals surface area contributed by atoms with Crippen LogP contribution in [0.15, 0.2) is 46.9 Å². The molecule has 0 aliphatic rings. The van der Waals surface area contributed by atoms with Gasteiger partial charge in [-0.25, -0.2) is 0 Å². The molecule has 130 valence electrons. The number of benzene rings is 2.